The van der Waals surface area contributed by atoms with Gasteiger partial charge in [-0.25, -0.2) is 0 Å². The second kappa shape index (κ2) is 5.99. The van der Waals surface area contributed by atoms with Crippen molar-refractivity contribution in [2.24, 2.45) is 17.6 Å². The Morgan fingerprint density at radius 1 is 1.43 bits per heavy atom. The monoisotopic (exact) mass is 217 g/mol. The van der Waals surface area contributed by atoms with E-state index in [9.17, 15) is 0 Å². The van der Waals surface area contributed by atoms with Gasteiger partial charge in [-0.2, -0.15) is 11.8 Å². The van der Waals surface area contributed by atoms with E-state index in [4.69, 9.17) is 10.8 Å². The molecule has 0 aromatic heterocycles. The first-order valence-electron chi connectivity index (χ1n) is 5.63. The maximum Gasteiger partial charge on any atom is 0.0521 e. The lowest BCUT2D eigenvalue weighted by molar-refractivity contribution is 0.265. The zero-order chi connectivity index (χ0) is 10.6. The molecule has 84 valence electrons. The molecule has 0 aromatic carbocycles. The Kier molecular flexibility index (Phi) is 5.28. The van der Waals surface area contributed by atoms with Crippen LogP contribution < -0.4 is 5.73 Å². The molecular weight excluding hydrogens is 194 g/mol. The second-order valence-corrected chi connectivity index (χ2v) is 5.96. The van der Waals surface area contributed by atoms with E-state index in [1.54, 1.807) is 0 Å². The van der Waals surface area contributed by atoms with Crippen LogP contribution in [0.2, 0.25) is 0 Å². The molecule has 1 aliphatic carbocycles. The Morgan fingerprint density at radius 2 is 2.14 bits per heavy atom. The van der Waals surface area contributed by atoms with Crippen LogP contribution in [-0.4, -0.2) is 28.8 Å². The smallest absolute Gasteiger partial charge is 0.0521 e. The maximum absolute atomic E-state index is 8.80. The third kappa shape index (κ3) is 3.44. The number of thioether (sulfide) groups is 1. The largest absolute Gasteiger partial charge is 0.396 e. The van der Waals surface area contributed by atoms with E-state index in [0.29, 0.717) is 11.3 Å². The van der Waals surface area contributed by atoms with Crippen molar-refractivity contribution in [3.63, 3.8) is 0 Å². The lowest BCUT2D eigenvalue weighted by Crippen LogP contribution is -2.39. The van der Waals surface area contributed by atoms with Crippen molar-refractivity contribution in [2.45, 2.75) is 44.4 Å². The highest BCUT2D eigenvalue weighted by molar-refractivity contribution is 7.99. The van der Waals surface area contributed by atoms with Gasteiger partial charge in [0.2, 0.25) is 0 Å². The summed E-state index contributed by atoms with van der Waals surface area (Å²) in [6.45, 7) is 4.88. The van der Waals surface area contributed by atoms with Gasteiger partial charge < -0.3 is 10.8 Å². The second-order valence-electron chi connectivity index (χ2n) is 4.61. The molecule has 0 aromatic rings. The normalized spacial score (nSPS) is 33.6. The van der Waals surface area contributed by atoms with E-state index >= 15 is 0 Å². The first kappa shape index (κ1) is 12.3. The summed E-state index contributed by atoms with van der Waals surface area (Å²) in [5.74, 6) is 2.45. The van der Waals surface area contributed by atoms with Crippen molar-refractivity contribution in [3.8, 4) is 0 Å². The predicted octanol–water partition coefficient (Wildman–Crippen LogP) is 1.86. The number of hydrogen-bond donors (Lipinski definition) is 2. The van der Waals surface area contributed by atoms with E-state index in [0.717, 1.165) is 24.0 Å². The van der Waals surface area contributed by atoms with Crippen molar-refractivity contribution >= 4 is 11.8 Å². The summed E-state index contributed by atoms with van der Waals surface area (Å²) in [5, 5.41) is 9.37. The topological polar surface area (TPSA) is 46.2 Å². The average molecular weight is 217 g/mol. The molecule has 14 heavy (non-hydrogen) atoms. The highest BCUT2D eigenvalue weighted by Gasteiger charge is 2.29. The molecular formula is C11H23NOS. The molecule has 2 nitrogen and oxygen atoms in total. The van der Waals surface area contributed by atoms with E-state index < -0.39 is 0 Å². The molecule has 3 atom stereocenters. The SMILES string of the molecule is CC(C)C1CCC(N)C(SCCO)C1. The molecule has 0 aliphatic heterocycles. The lowest BCUT2D eigenvalue weighted by atomic mass is 9.79. The molecule has 1 rings (SSSR count). The molecule has 0 amide bonds. The van der Waals surface area contributed by atoms with Crippen LogP contribution in [0.4, 0.5) is 0 Å². The minimum atomic E-state index is 0.278. The Bertz CT molecular complexity index is 163. The molecule has 3 N–H and O–H groups in total. The van der Waals surface area contributed by atoms with Crippen molar-refractivity contribution < 1.29 is 5.11 Å². The molecule has 3 unspecified atom stereocenters. The summed E-state index contributed by atoms with van der Waals surface area (Å²) >= 11 is 1.85. The van der Waals surface area contributed by atoms with Crippen LogP contribution in [0.15, 0.2) is 0 Å². The summed E-state index contributed by atoms with van der Waals surface area (Å²) in [6, 6.07) is 0.349. The molecule has 1 aliphatic rings. The number of nitrogens with two attached hydrogens (primary N) is 1. The van der Waals surface area contributed by atoms with Gasteiger partial charge in [-0.15, -0.1) is 0 Å². The number of rotatable bonds is 4. The number of hydrogen-bond acceptors (Lipinski definition) is 3. The van der Waals surface area contributed by atoms with Gasteiger partial charge in [-0.3, -0.25) is 0 Å². The average Bonchev–Trinajstić information content (AvgIpc) is 2.16. The van der Waals surface area contributed by atoms with Crippen LogP contribution in [0.25, 0.3) is 0 Å². The summed E-state index contributed by atoms with van der Waals surface area (Å²) < 4.78 is 0. The molecule has 1 fully saturated rings. The predicted molar refractivity (Wildman–Crippen MR) is 63.5 cm³/mol. The van der Waals surface area contributed by atoms with Gasteiger partial charge in [-0.1, -0.05) is 13.8 Å². The minimum absolute atomic E-state index is 0.278. The van der Waals surface area contributed by atoms with E-state index in [-0.39, 0.29) is 6.61 Å². The van der Waals surface area contributed by atoms with Gasteiger partial charge in [0, 0.05) is 17.0 Å². The van der Waals surface area contributed by atoms with Crippen molar-refractivity contribution in [1.29, 1.82) is 0 Å². The van der Waals surface area contributed by atoms with Gasteiger partial charge in [0.05, 0.1) is 6.61 Å². The number of aliphatic hydroxyl groups is 1. The standard InChI is InChI=1S/C11H23NOS/c1-8(2)9-3-4-10(12)11(7-9)14-6-5-13/h8-11,13H,3-7,12H2,1-2H3. The minimum Gasteiger partial charge on any atom is -0.396 e. The molecule has 0 bridgehead atoms. The van der Waals surface area contributed by atoms with Gasteiger partial charge in [-0.05, 0) is 31.1 Å². The quantitative estimate of drug-likeness (QED) is 0.755. The summed E-state index contributed by atoms with van der Waals surface area (Å²) in [7, 11) is 0. The molecule has 0 radical (unpaired) electrons. The molecule has 3 heteroatoms. The summed E-state index contributed by atoms with van der Waals surface area (Å²) in [6.07, 6.45) is 3.68. The van der Waals surface area contributed by atoms with Gasteiger partial charge >= 0.3 is 0 Å². The highest BCUT2D eigenvalue weighted by atomic mass is 32.2. The fourth-order valence-corrected chi connectivity index (χ4v) is 3.36. The zero-order valence-corrected chi connectivity index (χ0v) is 10.1. The van der Waals surface area contributed by atoms with Gasteiger partial charge in [0.25, 0.3) is 0 Å². The first-order valence-corrected chi connectivity index (χ1v) is 6.68. The fourth-order valence-electron chi connectivity index (χ4n) is 2.18. The van der Waals surface area contributed by atoms with Crippen LogP contribution in [0.3, 0.4) is 0 Å². The Hall–Kier alpha value is 0.270. The Labute approximate surface area is 91.6 Å². The van der Waals surface area contributed by atoms with E-state index in [2.05, 4.69) is 13.8 Å². The third-order valence-electron chi connectivity index (χ3n) is 3.25. The molecule has 0 heterocycles. The fraction of sp³-hybridized carbons (Fsp3) is 1.00. The van der Waals surface area contributed by atoms with Gasteiger partial charge in [0.1, 0.15) is 0 Å². The first-order chi connectivity index (χ1) is 6.65. The van der Waals surface area contributed by atoms with Crippen LogP contribution in [0.5, 0.6) is 0 Å². The third-order valence-corrected chi connectivity index (χ3v) is 4.64. The zero-order valence-electron chi connectivity index (χ0n) is 9.28. The Balaban J connectivity index is 2.38. The van der Waals surface area contributed by atoms with Crippen LogP contribution in [0.1, 0.15) is 33.1 Å². The van der Waals surface area contributed by atoms with Crippen LogP contribution in [0, 0.1) is 11.8 Å². The Morgan fingerprint density at radius 3 is 2.71 bits per heavy atom. The molecule has 0 spiro atoms. The van der Waals surface area contributed by atoms with Crippen LogP contribution in [-0.2, 0) is 0 Å². The van der Waals surface area contributed by atoms with Crippen molar-refractivity contribution in [1.82, 2.24) is 0 Å². The molecule has 1 saturated carbocycles. The maximum atomic E-state index is 8.80. The van der Waals surface area contributed by atoms with Crippen molar-refractivity contribution in [3.05, 3.63) is 0 Å². The van der Waals surface area contributed by atoms with Crippen molar-refractivity contribution in [2.75, 3.05) is 12.4 Å². The summed E-state index contributed by atoms with van der Waals surface area (Å²) in [4.78, 5) is 0. The summed E-state index contributed by atoms with van der Waals surface area (Å²) in [5.41, 5.74) is 6.08. The van der Waals surface area contributed by atoms with E-state index in [1.165, 1.54) is 12.8 Å². The van der Waals surface area contributed by atoms with Gasteiger partial charge in [0.15, 0.2) is 0 Å². The number of aliphatic hydroxyl groups excluding tert-OH is 1. The van der Waals surface area contributed by atoms with Crippen LogP contribution >= 0.6 is 11.8 Å². The highest BCUT2D eigenvalue weighted by Crippen LogP contribution is 2.35. The van der Waals surface area contributed by atoms with E-state index in [1.807, 2.05) is 11.8 Å². The lowest BCUT2D eigenvalue weighted by Gasteiger charge is -2.35. The molecule has 0 saturated heterocycles.